The summed E-state index contributed by atoms with van der Waals surface area (Å²) in [4.78, 5) is 17.5. The van der Waals surface area contributed by atoms with E-state index < -0.39 is 0 Å². The zero-order chi connectivity index (χ0) is 31.7. The third kappa shape index (κ3) is 8.30. The lowest BCUT2D eigenvalue weighted by Gasteiger charge is -2.43. The van der Waals surface area contributed by atoms with Crippen molar-refractivity contribution in [2.45, 2.75) is 43.9 Å². The van der Waals surface area contributed by atoms with Crippen molar-refractivity contribution < 1.29 is 38.0 Å². The molecule has 0 bridgehead atoms. The minimum atomic E-state index is -0.389. The zero-order valence-corrected chi connectivity index (χ0v) is 26.7. The monoisotopic (exact) mass is 632 g/mol. The maximum atomic E-state index is 13.4. The van der Waals surface area contributed by atoms with Gasteiger partial charge in [-0.15, -0.1) is 0 Å². The molecule has 0 spiro atoms. The summed E-state index contributed by atoms with van der Waals surface area (Å²) < 4.78 is 41.1. The number of carbonyl (C=O) groups excluding carboxylic acids is 1. The summed E-state index contributed by atoms with van der Waals surface area (Å²) in [5, 5.41) is 0. The smallest absolute Gasteiger partial charge is 0.410 e. The summed E-state index contributed by atoms with van der Waals surface area (Å²) in [6, 6.07) is 23.9. The Morgan fingerprint density at radius 2 is 1.70 bits per heavy atom. The molecular weight excluding hydrogens is 588 g/mol. The van der Waals surface area contributed by atoms with Crippen LogP contribution in [0, 0.1) is 0 Å². The first-order chi connectivity index (χ1) is 22.6. The Morgan fingerprint density at radius 1 is 0.913 bits per heavy atom. The maximum Gasteiger partial charge on any atom is 0.410 e. The van der Waals surface area contributed by atoms with Gasteiger partial charge in [0.15, 0.2) is 0 Å². The topological polar surface area (TPSA) is 91.5 Å². The van der Waals surface area contributed by atoms with Crippen LogP contribution in [0.2, 0.25) is 0 Å². The molecule has 2 saturated heterocycles. The first kappa shape index (κ1) is 32.1. The molecule has 0 N–H and O–H groups in total. The minimum Gasteiger partial charge on any atom is -0.497 e. The van der Waals surface area contributed by atoms with E-state index in [-0.39, 0.29) is 36.9 Å². The normalized spacial score (nSPS) is 22.1. The van der Waals surface area contributed by atoms with Gasteiger partial charge in [0.2, 0.25) is 0 Å². The average molecular weight is 633 g/mol. The van der Waals surface area contributed by atoms with Gasteiger partial charge in [-0.3, -0.25) is 0 Å². The fourth-order valence-electron chi connectivity index (χ4n) is 6.14. The number of ether oxygens (including phenoxy) is 7. The highest BCUT2D eigenvalue weighted by Crippen LogP contribution is 2.37. The second kappa shape index (κ2) is 15.6. The van der Waals surface area contributed by atoms with Crippen molar-refractivity contribution in [1.29, 1.82) is 0 Å². The number of amides is 1. The standard InChI is InChI=1S/C36H44N2O8/c1-40-17-6-15-37-16-18-42-32-14-9-27(19-31(32)37)23-44-33-20-38(36(39)46-22-26-7-4-3-5-8-26)21-34(45-25-30-24-43-30)35(33)28-10-12-29(41-2)13-11-28/h3-5,7-14,19,30,33-35H,6,15-18,20-25H2,1-2H3/t30-,33+,34-,35-/m1/s1. The third-order valence-electron chi connectivity index (χ3n) is 8.69. The average Bonchev–Trinajstić information content (AvgIpc) is 3.94. The van der Waals surface area contributed by atoms with E-state index >= 15 is 0 Å². The van der Waals surface area contributed by atoms with Crippen LogP contribution in [0.4, 0.5) is 10.5 Å². The van der Waals surface area contributed by atoms with Gasteiger partial charge in [0, 0.05) is 26.2 Å². The number of hydrogen-bond acceptors (Lipinski definition) is 9. The molecule has 0 saturated carbocycles. The van der Waals surface area contributed by atoms with Crippen LogP contribution in [-0.2, 0) is 36.9 Å². The Bertz CT molecular complexity index is 1400. The third-order valence-corrected chi connectivity index (χ3v) is 8.69. The summed E-state index contributed by atoms with van der Waals surface area (Å²) in [7, 11) is 3.39. The van der Waals surface area contributed by atoms with Gasteiger partial charge in [-0.2, -0.15) is 0 Å². The molecule has 4 atom stereocenters. The highest BCUT2D eigenvalue weighted by atomic mass is 16.6. The molecule has 0 radical (unpaired) electrons. The van der Waals surface area contributed by atoms with Crippen LogP contribution in [0.25, 0.3) is 0 Å². The molecule has 10 heteroatoms. The first-order valence-electron chi connectivity index (χ1n) is 16.0. The number of rotatable bonds is 14. The van der Waals surface area contributed by atoms with Crippen LogP contribution in [0.3, 0.4) is 0 Å². The van der Waals surface area contributed by atoms with Gasteiger partial charge in [-0.25, -0.2) is 4.79 Å². The number of likely N-dealkylation sites (tertiary alicyclic amines) is 1. The number of methoxy groups -OCH3 is 2. The molecule has 246 valence electrons. The predicted molar refractivity (Wildman–Crippen MR) is 173 cm³/mol. The molecule has 2 fully saturated rings. The minimum absolute atomic E-state index is 0.0841. The van der Waals surface area contributed by atoms with Gasteiger partial charge in [0.1, 0.15) is 30.8 Å². The fourth-order valence-corrected chi connectivity index (χ4v) is 6.14. The molecule has 3 heterocycles. The number of benzene rings is 3. The summed E-state index contributed by atoms with van der Waals surface area (Å²) >= 11 is 0. The second-order valence-corrected chi connectivity index (χ2v) is 11.9. The van der Waals surface area contributed by atoms with Crippen molar-refractivity contribution >= 4 is 11.8 Å². The van der Waals surface area contributed by atoms with E-state index in [2.05, 4.69) is 23.1 Å². The largest absolute Gasteiger partial charge is 0.497 e. The lowest BCUT2D eigenvalue weighted by Crippen LogP contribution is -2.54. The fraction of sp³-hybridized carbons (Fsp3) is 0.472. The van der Waals surface area contributed by atoms with Crippen molar-refractivity contribution in [3.8, 4) is 11.5 Å². The van der Waals surface area contributed by atoms with Crippen LogP contribution in [-0.4, -0.2) is 96.1 Å². The Kier molecular flexibility index (Phi) is 10.9. The molecule has 6 rings (SSSR count). The number of anilines is 1. The quantitative estimate of drug-likeness (QED) is 0.179. The van der Waals surface area contributed by atoms with Crippen molar-refractivity contribution in [1.82, 2.24) is 4.90 Å². The molecular formula is C36H44N2O8. The molecule has 1 amide bonds. The van der Waals surface area contributed by atoms with E-state index in [4.69, 9.17) is 33.2 Å². The van der Waals surface area contributed by atoms with E-state index in [9.17, 15) is 4.79 Å². The van der Waals surface area contributed by atoms with E-state index in [1.165, 1.54) is 0 Å². The molecule has 3 aromatic rings. The van der Waals surface area contributed by atoms with Crippen molar-refractivity contribution in [3.63, 3.8) is 0 Å². The number of piperidine rings is 1. The number of nitrogens with zero attached hydrogens (tertiary/aromatic N) is 2. The number of hydrogen-bond donors (Lipinski definition) is 0. The molecule has 46 heavy (non-hydrogen) atoms. The number of carbonyl (C=O) groups is 1. The van der Waals surface area contributed by atoms with Crippen molar-refractivity contribution in [2.75, 3.05) is 71.7 Å². The summed E-state index contributed by atoms with van der Waals surface area (Å²) in [6.07, 6.45) is -0.0537. The Morgan fingerprint density at radius 3 is 2.43 bits per heavy atom. The highest BCUT2D eigenvalue weighted by Gasteiger charge is 2.42. The molecule has 0 unspecified atom stereocenters. The van der Waals surface area contributed by atoms with Gasteiger partial charge >= 0.3 is 6.09 Å². The predicted octanol–water partition coefficient (Wildman–Crippen LogP) is 5.04. The van der Waals surface area contributed by atoms with Gasteiger partial charge in [0.05, 0.1) is 64.5 Å². The van der Waals surface area contributed by atoms with Crippen molar-refractivity contribution in [3.05, 3.63) is 89.5 Å². The molecule has 0 aromatic heterocycles. The molecule has 3 aliphatic heterocycles. The highest BCUT2D eigenvalue weighted by molar-refractivity contribution is 5.68. The van der Waals surface area contributed by atoms with Gasteiger partial charge in [-0.05, 0) is 47.4 Å². The Balaban J connectivity index is 1.22. The van der Waals surface area contributed by atoms with E-state index in [1.807, 2.05) is 54.6 Å². The van der Waals surface area contributed by atoms with Crippen molar-refractivity contribution in [2.24, 2.45) is 0 Å². The van der Waals surface area contributed by atoms with Crippen LogP contribution in [0.5, 0.6) is 11.5 Å². The Labute approximate surface area is 271 Å². The van der Waals surface area contributed by atoms with Crippen LogP contribution in [0.1, 0.15) is 29.0 Å². The molecule has 0 aliphatic carbocycles. The van der Waals surface area contributed by atoms with Gasteiger partial charge < -0.3 is 43.0 Å². The van der Waals surface area contributed by atoms with E-state index in [1.54, 1.807) is 19.1 Å². The lowest BCUT2D eigenvalue weighted by atomic mass is 9.84. The van der Waals surface area contributed by atoms with E-state index in [0.29, 0.717) is 46.1 Å². The summed E-state index contributed by atoms with van der Waals surface area (Å²) in [6.45, 7) is 5.53. The van der Waals surface area contributed by atoms with Gasteiger partial charge in [-0.1, -0.05) is 48.5 Å². The number of fused-ring (bicyclic) bond motifs is 1. The molecule has 3 aliphatic rings. The summed E-state index contributed by atoms with van der Waals surface area (Å²) in [5.74, 6) is 1.52. The van der Waals surface area contributed by atoms with E-state index in [0.717, 1.165) is 53.4 Å². The zero-order valence-electron chi connectivity index (χ0n) is 26.7. The van der Waals surface area contributed by atoms with Crippen LogP contribution < -0.4 is 14.4 Å². The van der Waals surface area contributed by atoms with Crippen LogP contribution >= 0.6 is 0 Å². The Hall–Kier alpha value is -3.83. The maximum absolute atomic E-state index is 13.4. The molecule has 3 aromatic carbocycles. The first-order valence-corrected chi connectivity index (χ1v) is 16.0. The second-order valence-electron chi connectivity index (χ2n) is 11.9. The van der Waals surface area contributed by atoms with Crippen LogP contribution in [0.15, 0.2) is 72.8 Å². The lowest BCUT2D eigenvalue weighted by molar-refractivity contribution is -0.0934. The number of epoxide rings is 1. The summed E-state index contributed by atoms with van der Waals surface area (Å²) in [5.41, 5.74) is 4.09. The van der Waals surface area contributed by atoms with Gasteiger partial charge in [0.25, 0.3) is 0 Å². The SMILES string of the molecule is COCCCN1CCOc2ccc(CO[C@H]3CN(C(=O)OCc4ccccc4)C[C@@H](OC[C@H]4CO4)[C@@H]3c3ccc(OC)cc3)cc21. The molecule has 10 nitrogen and oxygen atoms in total.